The van der Waals surface area contributed by atoms with Gasteiger partial charge in [-0.05, 0) is 43.5 Å². The predicted octanol–water partition coefficient (Wildman–Crippen LogP) is 1.52. The fraction of sp³-hybridized carbons (Fsp3) is 0.632. The quantitative estimate of drug-likeness (QED) is 0.755. The summed E-state index contributed by atoms with van der Waals surface area (Å²) in [7, 11) is 0. The third-order valence-electron chi connectivity index (χ3n) is 5.78. The largest absolute Gasteiger partial charge is 0.454 e. The number of carbonyl (C=O) groups excluding carboxylic acids is 1. The number of fused-ring (bicyclic) bond motifs is 7. The monoisotopic (exact) mass is 361 g/mol. The minimum atomic E-state index is -0.825. The highest BCUT2D eigenvalue weighted by atomic mass is 16.8. The Morgan fingerprint density at radius 1 is 1.19 bits per heavy atom. The van der Waals surface area contributed by atoms with Crippen molar-refractivity contribution in [3.63, 3.8) is 0 Å². The Kier molecular flexibility index (Phi) is 3.51. The van der Waals surface area contributed by atoms with Crippen molar-refractivity contribution in [2.75, 3.05) is 13.3 Å². The molecule has 4 aliphatic rings. The summed E-state index contributed by atoms with van der Waals surface area (Å²) in [4.78, 5) is 15.0. The zero-order chi connectivity index (χ0) is 18.1. The molecule has 4 heterocycles. The fourth-order valence-electron chi connectivity index (χ4n) is 4.60. The van der Waals surface area contributed by atoms with Crippen molar-refractivity contribution >= 4 is 5.91 Å². The standard InChI is InChI=1S/C19H23NO6/c1-19(2)25-16-7-13(21)11-3-4-20(18(22)17(16)26-19)8-10-5-14-15(6-12(10)11)24-9-23-14/h5-6,11,13,16-17,21H,3-4,7-9H2,1-2H3/t11-,13?,16-,17+/m0/s1. The Labute approximate surface area is 151 Å². The number of nitrogens with zero attached hydrogens (tertiary/aromatic N) is 1. The summed E-state index contributed by atoms with van der Waals surface area (Å²) >= 11 is 0. The molecule has 7 nitrogen and oxygen atoms in total. The lowest BCUT2D eigenvalue weighted by atomic mass is 9.85. The molecule has 2 saturated heterocycles. The van der Waals surface area contributed by atoms with Crippen molar-refractivity contribution in [1.82, 2.24) is 4.90 Å². The first-order valence-corrected chi connectivity index (χ1v) is 9.16. The van der Waals surface area contributed by atoms with E-state index in [1.807, 2.05) is 17.0 Å². The molecule has 1 aromatic rings. The number of rotatable bonds is 0. The van der Waals surface area contributed by atoms with Gasteiger partial charge in [-0.15, -0.1) is 0 Å². The van der Waals surface area contributed by atoms with Crippen LogP contribution in [0.5, 0.6) is 11.5 Å². The van der Waals surface area contributed by atoms with Crippen molar-refractivity contribution in [1.29, 1.82) is 0 Å². The molecule has 0 spiro atoms. The van der Waals surface area contributed by atoms with Crippen LogP contribution in [0.2, 0.25) is 0 Å². The van der Waals surface area contributed by atoms with E-state index in [1.54, 1.807) is 13.8 Å². The second kappa shape index (κ2) is 5.58. The maximum atomic E-state index is 13.2. The molecule has 5 rings (SSSR count). The Balaban J connectivity index is 1.59. The molecule has 7 heteroatoms. The van der Waals surface area contributed by atoms with Crippen LogP contribution >= 0.6 is 0 Å². The van der Waals surface area contributed by atoms with Crippen molar-refractivity contribution in [2.24, 2.45) is 0 Å². The normalized spacial score (nSPS) is 34.6. The van der Waals surface area contributed by atoms with Gasteiger partial charge in [0.15, 0.2) is 23.4 Å². The van der Waals surface area contributed by atoms with E-state index in [-0.39, 0.29) is 18.6 Å². The van der Waals surface area contributed by atoms with E-state index in [0.29, 0.717) is 37.4 Å². The molecule has 0 aliphatic carbocycles. The second-order valence-electron chi connectivity index (χ2n) is 7.96. The topological polar surface area (TPSA) is 77.5 Å². The van der Waals surface area contributed by atoms with Gasteiger partial charge in [-0.3, -0.25) is 4.79 Å². The number of hydrogen-bond acceptors (Lipinski definition) is 6. The molecule has 0 aromatic heterocycles. The Morgan fingerprint density at radius 2 is 1.96 bits per heavy atom. The van der Waals surface area contributed by atoms with Crippen LogP contribution in [0, 0.1) is 0 Å². The van der Waals surface area contributed by atoms with Crippen molar-refractivity contribution in [3.8, 4) is 11.5 Å². The molecule has 1 unspecified atom stereocenters. The molecular formula is C19H23NO6. The molecule has 0 saturated carbocycles. The zero-order valence-corrected chi connectivity index (χ0v) is 14.9. The maximum Gasteiger partial charge on any atom is 0.254 e. The summed E-state index contributed by atoms with van der Waals surface area (Å²) in [5.41, 5.74) is 2.04. The molecule has 2 fully saturated rings. The van der Waals surface area contributed by atoms with E-state index in [0.717, 1.165) is 11.1 Å². The highest BCUT2D eigenvalue weighted by molar-refractivity contribution is 5.82. The van der Waals surface area contributed by atoms with Crippen LogP contribution in [-0.2, 0) is 20.8 Å². The van der Waals surface area contributed by atoms with Crippen LogP contribution < -0.4 is 9.47 Å². The molecule has 140 valence electrons. The van der Waals surface area contributed by atoms with Gasteiger partial charge in [0.2, 0.25) is 6.79 Å². The summed E-state index contributed by atoms with van der Waals surface area (Å²) < 4.78 is 22.8. The summed E-state index contributed by atoms with van der Waals surface area (Å²) in [5.74, 6) is 0.428. The second-order valence-corrected chi connectivity index (χ2v) is 7.96. The Hall–Kier alpha value is -1.83. The number of amides is 1. The first-order valence-electron chi connectivity index (χ1n) is 9.16. The first-order chi connectivity index (χ1) is 12.4. The van der Waals surface area contributed by atoms with Gasteiger partial charge in [-0.2, -0.15) is 0 Å². The minimum absolute atomic E-state index is 0.0704. The van der Waals surface area contributed by atoms with E-state index in [9.17, 15) is 9.90 Å². The van der Waals surface area contributed by atoms with Crippen LogP contribution in [0.4, 0.5) is 0 Å². The van der Waals surface area contributed by atoms with Crippen LogP contribution in [0.25, 0.3) is 0 Å². The van der Waals surface area contributed by atoms with Gasteiger partial charge in [0.25, 0.3) is 5.91 Å². The van der Waals surface area contributed by atoms with Gasteiger partial charge >= 0.3 is 0 Å². The molecule has 4 atom stereocenters. The smallest absolute Gasteiger partial charge is 0.254 e. The number of carbonyl (C=O) groups is 1. The number of aliphatic hydroxyl groups is 1. The average molecular weight is 361 g/mol. The minimum Gasteiger partial charge on any atom is -0.454 e. The highest BCUT2D eigenvalue weighted by Gasteiger charge is 2.49. The van der Waals surface area contributed by atoms with Gasteiger partial charge in [-0.25, -0.2) is 0 Å². The number of ether oxygens (including phenoxy) is 4. The van der Waals surface area contributed by atoms with E-state index in [4.69, 9.17) is 18.9 Å². The van der Waals surface area contributed by atoms with Gasteiger partial charge in [-0.1, -0.05) is 0 Å². The van der Waals surface area contributed by atoms with Crippen LogP contribution in [0.15, 0.2) is 12.1 Å². The lowest BCUT2D eigenvalue weighted by molar-refractivity contribution is -0.163. The van der Waals surface area contributed by atoms with Crippen LogP contribution in [0.1, 0.15) is 43.7 Å². The first kappa shape index (κ1) is 16.4. The van der Waals surface area contributed by atoms with Crippen molar-refractivity contribution in [2.45, 2.75) is 63.3 Å². The van der Waals surface area contributed by atoms with E-state index < -0.39 is 24.1 Å². The van der Waals surface area contributed by atoms with Gasteiger partial charge < -0.3 is 29.0 Å². The number of benzene rings is 1. The Bertz CT molecular complexity index is 763. The Morgan fingerprint density at radius 3 is 2.77 bits per heavy atom. The zero-order valence-electron chi connectivity index (χ0n) is 14.9. The lowest BCUT2D eigenvalue weighted by Crippen LogP contribution is -2.44. The SMILES string of the molecule is CC1(C)O[C@H]2CC(O)[C@H]3CCN(Cc4cc5c(cc43)OCO5)C(=O)[C@@H]2O1. The summed E-state index contributed by atoms with van der Waals surface area (Å²) in [6.07, 6.45) is -0.667. The molecule has 1 N–H and O–H groups in total. The summed E-state index contributed by atoms with van der Waals surface area (Å²) in [6, 6.07) is 3.91. The molecular weight excluding hydrogens is 338 g/mol. The van der Waals surface area contributed by atoms with Gasteiger partial charge in [0.05, 0.1) is 12.2 Å². The third-order valence-corrected chi connectivity index (χ3v) is 5.78. The maximum absolute atomic E-state index is 13.2. The van der Waals surface area contributed by atoms with Crippen molar-refractivity contribution in [3.05, 3.63) is 23.3 Å². The highest BCUT2D eigenvalue weighted by Crippen LogP contribution is 2.44. The van der Waals surface area contributed by atoms with Crippen LogP contribution in [-0.4, -0.2) is 53.4 Å². The van der Waals surface area contributed by atoms with Gasteiger partial charge in [0.1, 0.15) is 0 Å². The molecule has 26 heavy (non-hydrogen) atoms. The molecule has 1 amide bonds. The average Bonchev–Trinajstić information content (AvgIpc) is 3.09. The fourth-order valence-corrected chi connectivity index (χ4v) is 4.60. The lowest BCUT2D eigenvalue weighted by Gasteiger charge is -2.28. The van der Waals surface area contributed by atoms with E-state index in [2.05, 4.69) is 0 Å². The summed E-state index contributed by atoms with van der Waals surface area (Å²) in [6.45, 7) is 4.87. The summed E-state index contributed by atoms with van der Waals surface area (Å²) in [5, 5.41) is 11.0. The predicted molar refractivity (Wildman–Crippen MR) is 89.8 cm³/mol. The third kappa shape index (κ3) is 2.49. The molecule has 2 bridgehead atoms. The molecule has 4 aliphatic heterocycles. The van der Waals surface area contributed by atoms with E-state index >= 15 is 0 Å². The number of hydrogen-bond donors (Lipinski definition) is 1. The van der Waals surface area contributed by atoms with Gasteiger partial charge in [0, 0.05) is 25.4 Å². The van der Waals surface area contributed by atoms with Crippen molar-refractivity contribution < 1.29 is 28.8 Å². The molecule has 1 aromatic carbocycles. The van der Waals surface area contributed by atoms with Crippen LogP contribution in [0.3, 0.4) is 0 Å². The van der Waals surface area contributed by atoms with E-state index in [1.165, 1.54) is 0 Å². The number of aliphatic hydroxyl groups excluding tert-OH is 1. The molecule has 0 radical (unpaired) electrons.